The maximum Gasteiger partial charge on any atom is 0.252 e. The maximum absolute atomic E-state index is 2.71. The Morgan fingerprint density at radius 1 is 0.350 bits per heavy atom. The number of nitrogens with zero attached hydrogens (tertiary/aromatic N) is 2. The number of aryl methyl sites for hydroxylation is 1. The molecule has 9 aromatic rings. The maximum atomic E-state index is 2.71. The highest BCUT2D eigenvalue weighted by atomic mass is 15.2. The van der Waals surface area contributed by atoms with E-state index in [9.17, 15) is 0 Å². The van der Waals surface area contributed by atoms with Gasteiger partial charge in [0.2, 0.25) is 0 Å². The van der Waals surface area contributed by atoms with Crippen molar-refractivity contribution in [2.75, 3.05) is 9.80 Å². The molecule has 13 rings (SSSR count). The molecule has 2 aliphatic heterocycles. The first-order chi connectivity index (χ1) is 38.0. The van der Waals surface area contributed by atoms with Crippen LogP contribution < -0.4 is 26.2 Å². The summed E-state index contributed by atoms with van der Waals surface area (Å²) in [6, 6.07) is 75.2. The van der Waals surface area contributed by atoms with E-state index in [2.05, 4.69) is 294 Å². The average Bonchev–Trinajstić information content (AvgIpc) is 3.53. The molecule has 0 spiro atoms. The van der Waals surface area contributed by atoms with Crippen LogP contribution in [0.5, 0.6) is 0 Å². The first-order valence-corrected chi connectivity index (χ1v) is 29.7. The third-order valence-electron chi connectivity index (χ3n) is 20.2. The highest BCUT2D eigenvalue weighted by molar-refractivity contribution is 7.00. The van der Waals surface area contributed by atoms with Gasteiger partial charge in [0.1, 0.15) is 0 Å². The highest BCUT2D eigenvalue weighted by Gasteiger charge is 2.48. The molecule has 2 nitrogen and oxygen atoms in total. The number of benzene rings is 9. The van der Waals surface area contributed by atoms with Crippen LogP contribution >= 0.6 is 0 Å². The zero-order chi connectivity index (χ0) is 55.9. The van der Waals surface area contributed by atoms with Gasteiger partial charge in [-0.1, -0.05) is 223 Å². The summed E-state index contributed by atoms with van der Waals surface area (Å²) in [5, 5.41) is 0. The highest BCUT2D eigenvalue weighted by Crippen LogP contribution is 2.54. The van der Waals surface area contributed by atoms with Crippen LogP contribution in [0, 0.1) is 6.92 Å². The predicted molar refractivity (Wildman–Crippen MR) is 344 cm³/mol. The van der Waals surface area contributed by atoms with E-state index in [4.69, 9.17) is 0 Å². The largest absolute Gasteiger partial charge is 0.311 e. The lowest BCUT2D eigenvalue weighted by atomic mass is 9.33. The van der Waals surface area contributed by atoms with Crippen LogP contribution in [-0.2, 0) is 32.5 Å². The van der Waals surface area contributed by atoms with Gasteiger partial charge in [-0.15, -0.1) is 0 Å². The number of hydrogen-bond acceptors (Lipinski definition) is 2. The minimum atomic E-state index is -0.277. The molecule has 0 N–H and O–H groups in total. The van der Waals surface area contributed by atoms with Crippen molar-refractivity contribution in [3.05, 3.63) is 244 Å². The Bertz CT molecular complexity index is 3910. The third kappa shape index (κ3) is 8.26. The van der Waals surface area contributed by atoms with Crippen LogP contribution in [0.15, 0.2) is 194 Å². The number of fused-ring (bicyclic) bond motifs is 6. The van der Waals surface area contributed by atoms with E-state index in [0.29, 0.717) is 0 Å². The smallest absolute Gasteiger partial charge is 0.252 e. The Hall–Kier alpha value is -7.36. The van der Waals surface area contributed by atoms with E-state index in [-0.39, 0.29) is 39.2 Å². The summed E-state index contributed by atoms with van der Waals surface area (Å²) in [6.07, 6.45) is 4.67. The van der Waals surface area contributed by atoms with Crippen LogP contribution in [0.25, 0.3) is 22.3 Å². The van der Waals surface area contributed by atoms with Crippen LogP contribution in [0.1, 0.15) is 159 Å². The molecule has 80 heavy (non-hydrogen) atoms. The topological polar surface area (TPSA) is 6.48 Å². The molecular weight excluding hydrogens is 964 g/mol. The molecule has 4 aliphatic rings. The lowest BCUT2D eigenvalue weighted by Gasteiger charge is -2.48. The second-order valence-electron chi connectivity index (χ2n) is 28.0. The summed E-state index contributed by atoms with van der Waals surface area (Å²) < 4.78 is 0. The van der Waals surface area contributed by atoms with Crippen molar-refractivity contribution in [2.45, 2.75) is 148 Å². The molecular formula is C77H79BN2. The summed E-state index contributed by atoms with van der Waals surface area (Å²) in [5.74, 6) is 0. The fraction of sp³-hybridized carbons (Fsp3) is 0.299. The quantitative estimate of drug-likeness (QED) is 0.140. The van der Waals surface area contributed by atoms with Gasteiger partial charge < -0.3 is 9.80 Å². The van der Waals surface area contributed by atoms with Gasteiger partial charge in [-0.05, 0) is 192 Å². The van der Waals surface area contributed by atoms with Crippen LogP contribution in [0.4, 0.5) is 34.1 Å². The Balaban J connectivity index is 1.14. The molecule has 0 saturated carbocycles. The number of hydrogen-bond donors (Lipinski definition) is 0. The van der Waals surface area contributed by atoms with Crippen molar-refractivity contribution in [1.82, 2.24) is 0 Å². The molecule has 0 radical (unpaired) electrons. The van der Waals surface area contributed by atoms with Crippen LogP contribution in [0.2, 0.25) is 0 Å². The zero-order valence-electron chi connectivity index (χ0n) is 49.8. The molecule has 0 fully saturated rings. The van der Waals surface area contributed by atoms with Crippen molar-refractivity contribution >= 4 is 57.2 Å². The zero-order valence-corrected chi connectivity index (χ0v) is 49.8. The molecule has 0 atom stereocenters. The second kappa shape index (κ2) is 18.3. The van der Waals surface area contributed by atoms with Gasteiger partial charge in [0, 0.05) is 44.8 Å². The summed E-state index contributed by atoms with van der Waals surface area (Å²) >= 11 is 0. The first kappa shape index (κ1) is 52.0. The van der Waals surface area contributed by atoms with Gasteiger partial charge in [-0.2, -0.15) is 0 Å². The van der Waals surface area contributed by atoms with Crippen LogP contribution in [0.3, 0.4) is 0 Å². The summed E-state index contributed by atoms with van der Waals surface area (Å²) in [7, 11) is 0. The molecule has 0 aromatic heterocycles. The van der Waals surface area contributed by atoms with Crippen molar-refractivity contribution in [2.24, 2.45) is 0 Å². The van der Waals surface area contributed by atoms with Gasteiger partial charge >= 0.3 is 0 Å². The molecule has 9 aromatic carbocycles. The van der Waals surface area contributed by atoms with Gasteiger partial charge in [0.05, 0.1) is 5.69 Å². The van der Waals surface area contributed by atoms with Crippen molar-refractivity contribution in [1.29, 1.82) is 0 Å². The predicted octanol–water partition coefficient (Wildman–Crippen LogP) is 18.8. The van der Waals surface area contributed by atoms with Crippen molar-refractivity contribution < 1.29 is 0 Å². The van der Waals surface area contributed by atoms with Gasteiger partial charge in [0.25, 0.3) is 6.71 Å². The lowest BCUT2D eigenvalue weighted by molar-refractivity contribution is 0.332. The van der Waals surface area contributed by atoms with Gasteiger partial charge in [-0.3, -0.25) is 0 Å². The Labute approximate surface area is 479 Å². The molecule has 2 aliphatic carbocycles. The average molecular weight is 1040 g/mol. The molecule has 400 valence electrons. The van der Waals surface area contributed by atoms with E-state index in [1.54, 1.807) is 0 Å². The van der Waals surface area contributed by atoms with E-state index < -0.39 is 0 Å². The summed E-state index contributed by atoms with van der Waals surface area (Å²) in [5.41, 5.74) is 28.5. The lowest BCUT2D eigenvalue weighted by Crippen LogP contribution is -2.62. The molecule has 0 saturated heterocycles. The standard InChI is InChI=1S/C77H79BN2/c1-50-42-69-71-70(43-50)80(66-37-33-56(76(10,11)54-28-19-15-20-29-54)45-59(66)53-27-23-26-52(44-53)51-24-17-14-18-25-51)67-46-57(77(12,13)55-30-21-16-22-31-55)32-36-64(67)78(71)65-48-62-63(75(8,9)41-40-74(62,6)7)49-68(65)79(69)58-34-35-60-61(47-58)73(4,5)39-38-72(60,2)3/h14-37,42-49H,38-41H2,1-13H3. The Morgan fingerprint density at radius 3 is 1.45 bits per heavy atom. The monoisotopic (exact) mass is 1040 g/mol. The summed E-state index contributed by atoms with van der Waals surface area (Å²) in [4.78, 5) is 5.40. The minimum Gasteiger partial charge on any atom is -0.311 e. The first-order valence-electron chi connectivity index (χ1n) is 29.7. The van der Waals surface area contributed by atoms with Crippen molar-refractivity contribution in [3.63, 3.8) is 0 Å². The van der Waals surface area contributed by atoms with E-state index in [1.165, 1.54) is 136 Å². The second-order valence-corrected chi connectivity index (χ2v) is 28.0. The molecule has 2 heterocycles. The SMILES string of the molecule is Cc1cc2c3c(c1)N(c1ccc(C(C)(C)c4ccccc4)cc1-c1cccc(-c4ccccc4)c1)c1cc(C(C)(C)c4ccccc4)ccc1B3c1cc3c(cc1N2c1ccc2c(c1)C(C)(C)CCC2(C)C)C(C)(C)CCC3(C)C. The van der Waals surface area contributed by atoms with Gasteiger partial charge in [-0.25, -0.2) is 0 Å². The number of rotatable bonds is 8. The fourth-order valence-corrected chi connectivity index (χ4v) is 14.7. The Kier molecular flexibility index (Phi) is 11.9. The Morgan fingerprint density at radius 2 is 0.838 bits per heavy atom. The van der Waals surface area contributed by atoms with Crippen molar-refractivity contribution in [3.8, 4) is 22.3 Å². The van der Waals surface area contributed by atoms with E-state index in [0.717, 1.165) is 12.8 Å². The molecule has 0 unspecified atom stereocenters. The minimum absolute atomic E-state index is 0.0210. The summed E-state index contributed by atoms with van der Waals surface area (Å²) in [6.45, 7) is 31.7. The molecule has 0 amide bonds. The normalized spacial score (nSPS) is 17.2. The molecule has 3 heteroatoms. The van der Waals surface area contributed by atoms with E-state index in [1.807, 2.05) is 0 Å². The van der Waals surface area contributed by atoms with E-state index >= 15 is 0 Å². The van der Waals surface area contributed by atoms with Crippen LogP contribution in [-0.4, -0.2) is 6.71 Å². The molecule has 0 bridgehead atoms. The van der Waals surface area contributed by atoms with Gasteiger partial charge in [0.15, 0.2) is 0 Å². The fourth-order valence-electron chi connectivity index (χ4n) is 14.7. The number of anilines is 6. The third-order valence-corrected chi connectivity index (χ3v) is 20.2.